The molecule has 2 heterocycles. The number of nitriles is 1. The van der Waals surface area contributed by atoms with Gasteiger partial charge in [0.05, 0.1) is 30.0 Å². The lowest BCUT2D eigenvalue weighted by Crippen LogP contribution is -2.41. The van der Waals surface area contributed by atoms with Crippen molar-refractivity contribution >= 4 is 17.3 Å². The highest BCUT2D eigenvalue weighted by molar-refractivity contribution is 6.32. The molecule has 6 nitrogen and oxygen atoms in total. The van der Waals surface area contributed by atoms with Crippen molar-refractivity contribution in [3.05, 3.63) is 41.2 Å². The van der Waals surface area contributed by atoms with E-state index in [1.165, 1.54) is 6.20 Å². The van der Waals surface area contributed by atoms with E-state index >= 15 is 0 Å². The first-order valence-electron chi connectivity index (χ1n) is 12.1. The van der Waals surface area contributed by atoms with E-state index in [1.807, 2.05) is 12.1 Å². The van der Waals surface area contributed by atoms with Gasteiger partial charge < -0.3 is 15.4 Å². The molecule has 0 unspecified atom stereocenters. The number of methoxy groups -OCH3 is 1. The van der Waals surface area contributed by atoms with E-state index in [-0.39, 0.29) is 11.2 Å². The maximum atomic E-state index is 14.7. The number of pyridine rings is 2. The lowest BCUT2D eigenvalue weighted by molar-refractivity contribution is 0.158. The van der Waals surface area contributed by atoms with Gasteiger partial charge in [0.2, 0.25) is 0 Å². The summed E-state index contributed by atoms with van der Waals surface area (Å²) in [4.78, 5) is 8.62. The van der Waals surface area contributed by atoms with Gasteiger partial charge in [-0.1, -0.05) is 11.6 Å². The van der Waals surface area contributed by atoms with Crippen molar-refractivity contribution in [2.24, 2.45) is 11.3 Å². The second kappa shape index (κ2) is 11.0. The molecule has 2 aliphatic carbocycles. The largest absolute Gasteiger partial charge is 0.383 e. The Kier molecular flexibility index (Phi) is 8.02. The Morgan fingerprint density at radius 1 is 1.24 bits per heavy atom. The molecular weight excluding hydrogens is 453 g/mol. The predicted molar refractivity (Wildman–Crippen MR) is 132 cm³/mol. The summed E-state index contributed by atoms with van der Waals surface area (Å²) in [5.74, 6) is 0.164. The normalized spacial score (nSPS) is 22.1. The van der Waals surface area contributed by atoms with Crippen LogP contribution < -0.4 is 10.6 Å². The van der Waals surface area contributed by atoms with Crippen LogP contribution in [-0.2, 0) is 11.2 Å². The third-order valence-corrected chi connectivity index (χ3v) is 7.35. The number of aromatic nitrogens is 2. The highest BCUT2D eigenvalue weighted by Gasteiger charge is 2.43. The van der Waals surface area contributed by atoms with Crippen molar-refractivity contribution < 1.29 is 9.13 Å². The quantitative estimate of drug-likeness (QED) is 0.440. The summed E-state index contributed by atoms with van der Waals surface area (Å²) in [5, 5.41) is 16.5. The van der Waals surface area contributed by atoms with Crippen molar-refractivity contribution in [1.82, 2.24) is 15.3 Å². The zero-order valence-electron chi connectivity index (χ0n) is 19.9. The molecule has 2 saturated carbocycles. The monoisotopic (exact) mass is 485 g/mol. The van der Waals surface area contributed by atoms with Crippen molar-refractivity contribution in [2.75, 3.05) is 25.6 Å². The minimum atomic E-state index is -0.380. The Hall–Kier alpha value is -2.27. The fourth-order valence-electron chi connectivity index (χ4n) is 4.81. The molecule has 0 saturated heterocycles. The molecule has 0 radical (unpaired) electrons. The van der Waals surface area contributed by atoms with Gasteiger partial charge in [-0.3, -0.25) is 4.98 Å². The molecule has 4 rings (SSSR count). The van der Waals surface area contributed by atoms with Gasteiger partial charge in [0.25, 0.3) is 0 Å². The minimum absolute atomic E-state index is 0.315. The number of halogens is 2. The van der Waals surface area contributed by atoms with Crippen LogP contribution in [0.5, 0.6) is 0 Å². The molecule has 0 spiro atoms. The SMILES string of the molecule is COC[C@H](C)NC1CCC(Cc2cc(-c3cnc(Cl)c(NCC4(C#N)CC4)c3)c(F)cn2)CC1. The van der Waals surface area contributed by atoms with Gasteiger partial charge in [0.15, 0.2) is 5.15 Å². The highest BCUT2D eigenvalue weighted by Crippen LogP contribution is 2.45. The average Bonchev–Trinajstić information content (AvgIpc) is 3.62. The molecule has 0 amide bonds. The predicted octanol–water partition coefficient (Wildman–Crippen LogP) is 5.38. The minimum Gasteiger partial charge on any atom is -0.383 e. The van der Waals surface area contributed by atoms with Gasteiger partial charge in [-0.15, -0.1) is 0 Å². The Labute approximate surface area is 206 Å². The number of nitrogens with one attached hydrogen (secondary N) is 2. The van der Waals surface area contributed by atoms with E-state index in [0.29, 0.717) is 46.5 Å². The highest BCUT2D eigenvalue weighted by atomic mass is 35.5. The molecule has 0 bridgehead atoms. The maximum absolute atomic E-state index is 14.7. The van der Waals surface area contributed by atoms with Crippen LogP contribution in [0, 0.1) is 28.5 Å². The van der Waals surface area contributed by atoms with E-state index in [0.717, 1.165) is 57.2 Å². The van der Waals surface area contributed by atoms with Crippen LogP contribution in [0.15, 0.2) is 24.5 Å². The molecule has 2 fully saturated rings. The molecule has 2 N–H and O–H groups in total. The Balaban J connectivity index is 1.40. The number of hydrogen-bond donors (Lipinski definition) is 2. The summed E-state index contributed by atoms with van der Waals surface area (Å²) >= 11 is 6.26. The van der Waals surface area contributed by atoms with Gasteiger partial charge in [-0.05, 0) is 69.9 Å². The first kappa shape index (κ1) is 24.8. The first-order chi connectivity index (χ1) is 16.4. The zero-order chi connectivity index (χ0) is 24.1. The van der Waals surface area contributed by atoms with Crippen LogP contribution in [0.2, 0.25) is 5.15 Å². The van der Waals surface area contributed by atoms with Gasteiger partial charge in [-0.25, -0.2) is 9.37 Å². The van der Waals surface area contributed by atoms with Gasteiger partial charge in [0, 0.05) is 48.8 Å². The Morgan fingerprint density at radius 3 is 2.68 bits per heavy atom. The number of hydrogen-bond acceptors (Lipinski definition) is 6. The summed E-state index contributed by atoms with van der Waals surface area (Å²) in [5.41, 5.74) is 2.32. The molecule has 8 heteroatoms. The first-order valence-corrected chi connectivity index (χ1v) is 12.5. The molecule has 0 aromatic carbocycles. The summed E-state index contributed by atoms with van der Waals surface area (Å²) in [7, 11) is 1.73. The number of ether oxygens (including phenoxy) is 1. The van der Waals surface area contributed by atoms with Gasteiger partial charge in [-0.2, -0.15) is 5.26 Å². The summed E-state index contributed by atoms with van der Waals surface area (Å²) in [6.45, 7) is 3.39. The second-order valence-corrected chi connectivity index (χ2v) is 10.3. The fraction of sp³-hybridized carbons (Fsp3) is 0.577. The molecule has 2 aliphatic rings. The molecule has 182 valence electrons. The van der Waals surface area contributed by atoms with Crippen LogP contribution in [-0.4, -0.2) is 42.3 Å². The zero-order valence-corrected chi connectivity index (χ0v) is 20.7. The summed E-state index contributed by atoms with van der Waals surface area (Å²) < 4.78 is 20.0. The van der Waals surface area contributed by atoms with Crippen molar-refractivity contribution in [2.45, 2.75) is 64.0 Å². The van der Waals surface area contributed by atoms with E-state index in [4.69, 9.17) is 16.3 Å². The van der Waals surface area contributed by atoms with Crippen molar-refractivity contribution in [3.8, 4) is 17.2 Å². The molecular formula is C26H33ClFN5O. The third-order valence-electron chi connectivity index (χ3n) is 7.05. The van der Waals surface area contributed by atoms with E-state index in [1.54, 1.807) is 13.3 Å². The van der Waals surface area contributed by atoms with Crippen LogP contribution in [0.1, 0.15) is 51.1 Å². The number of rotatable bonds is 10. The van der Waals surface area contributed by atoms with E-state index in [9.17, 15) is 9.65 Å². The number of nitrogens with zero attached hydrogens (tertiary/aromatic N) is 3. The molecule has 0 aliphatic heterocycles. The van der Waals surface area contributed by atoms with E-state index in [2.05, 4.69) is 33.6 Å². The van der Waals surface area contributed by atoms with Crippen LogP contribution in [0.25, 0.3) is 11.1 Å². The van der Waals surface area contributed by atoms with Crippen LogP contribution in [0.3, 0.4) is 0 Å². The molecule has 2 aromatic heterocycles. The van der Waals surface area contributed by atoms with Crippen molar-refractivity contribution in [1.29, 1.82) is 5.26 Å². The lowest BCUT2D eigenvalue weighted by Gasteiger charge is -2.31. The van der Waals surface area contributed by atoms with Crippen LogP contribution in [0.4, 0.5) is 10.1 Å². The van der Waals surface area contributed by atoms with Gasteiger partial charge >= 0.3 is 0 Å². The topological polar surface area (TPSA) is 82.9 Å². The maximum Gasteiger partial charge on any atom is 0.152 e. The average molecular weight is 486 g/mol. The van der Waals surface area contributed by atoms with Gasteiger partial charge in [0.1, 0.15) is 5.82 Å². The van der Waals surface area contributed by atoms with Crippen molar-refractivity contribution in [3.63, 3.8) is 0 Å². The standard InChI is InChI=1S/C26H33ClFN5O/c1-17(14-34-2)33-20-5-3-18(4-6-20)9-21-11-22(23(28)13-30-21)19-10-24(25(27)31-12-19)32-16-26(15-29)7-8-26/h10-13,17-18,20,32-33H,3-9,14,16H2,1-2H3/t17-,18?,20?/m0/s1. The van der Waals surface area contributed by atoms with Crippen LogP contribution >= 0.6 is 11.6 Å². The Morgan fingerprint density at radius 2 is 2.00 bits per heavy atom. The third kappa shape index (κ3) is 6.24. The fourth-order valence-corrected chi connectivity index (χ4v) is 4.98. The number of anilines is 1. The van der Waals surface area contributed by atoms with E-state index < -0.39 is 0 Å². The second-order valence-electron chi connectivity index (χ2n) is 9.91. The summed E-state index contributed by atoms with van der Waals surface area (Å²) in [6, 6.07) is 6.89. The summed E-state index contributed by atoms with van der Waals surface area (Å²) in [6.07, 6.45) is 10.0. The Bertz CT molecular complexity index is 1030. The lowest BCUT2D eigenvalue weighted by atomic mass is 9.83. The smallest absolute Gasteiger partial charge is 0.152 e. The molecule has 2 aromatic rings. The molecule has 1 atom stereocenters. The molecule has 34 heavy (non-hydrogen) atoms.